The molecule has 13 rings (SSSR count). The summed E-state index contributed by atoms with van der Waals surface area (Å²) in [5, 5.41) is 3.99. The highest BCUT2D eigenvalue weighted by Gasteiger charge is 2.48. The highest BCUT2D eigenvalue weighted by Crippen LogP contribution is 2.56. The van der Waals surface area contributed by atoms with Crippen LogP contribution >= 0.6 is 11.3 Å². The monoisotopic (exact) mass is 968 g/mol. The Morgan fingerprint density at radius 2 is 1.15 bits per heavy atom. The largest absolute Gasteiger partial charge is 0.311 e. The molecule has 0 unspecified atom stereocenters. The van der Waals surface area contributed by atoms with E-state index in [2.05, 4.69) is 257 Å². The third kappa shape index (κ3) is 6.63. The number of fused-ring (bicyclic) bond motifs is 12. The third-order valence-electron chi connectivity index (χ3n) is 16.9. The fourth-order valence-electron chi connectivity index (χ4n) is 13.1. The topological polar surface area (TPSA) is 11.4 Å². The third-order valence-corrected chi connectivity index (χ3v) is 18.0. The number of benzene rings is 8. The molecule has 3 nitrogen and oxygen atoms in total. The Morgan fingerprint density at radius 1 is 0.521 bits per heavy atom. The zero-order valence-corrected chi connectivity index (χ0v) is 46.0. The van der Waals surface area contributed by atoms with Crippen molar-refractivity contribution >= 4 is 99.6 Å². The van der Waals surface area contributed by atoms with Crippen molar-refractivity contribution in [3.8, 4) is 16.9 Å². The molecule has 2 aliphatic heterocycles. The maximum Gasteiger partial charge on any atom is 0.252 e. The molecule has 0 fully saturated rings. The minimum atomic E-state index is -0.180. The Balaban J connectivity index is 1.16. The maximum atomic E-state index is 2.70. The van der Waals surface area contributed by atoms with Crippen LogP contribution < -0.4 is 26.2 Å². The fraction of sp³-hybridized carbons (Fsp3) is 0.265. The molecule has 0 amide bonds. The van der Waals surface area contributed by atoms with Gasteiger partial charge in [0.15, 0.2) is 0 Å². The molecule has 2 aromatic heterocycles. The molecule has 0 bridgehead atoms. The van der Waals surface area contributed by atoms with E-state index in [1.807, 2.05) is 11.3 Å². The van der Waals surface area contributed by atoms with E-state index >= 15 is 0 Å². The van der Waals surface area contributed by atoms with Crippen LogP contribution in [0.2, 0.25) is 0 Å². The highest BCUT2D eigenvalue weighted by atomic mass is 32.1. The summed E-state index contributed by atoms with van der Waals surface area (Å²) in [5.41, 5.74) is 27.1. The lowest BCUT2D eigenvalue weighted by atomic mass is 9.33. The number of aryl methyl sites for hydroxylation is 3. The first-order valence-electron chi connectivity index (χ1n) is 26.5. The molecule has 0 atom stereocenters. The molecule has 5 heteroatoms. The predicted molar refractivity (Wildman–Crippen MR) is 318 cm³/mol. The molecule has 0 saturated carbocycles. The number of hydrogen-bond acceptors (Lipinski definition) is 3. The summed E-state index contributed by atoms with van der Waals surface area (Å²) in [6, 6.07) is 57.1. The van der Waals surface area contributed by atoms with Crippen molar-refractivity contribution in [3.05, 3.63) is 190 Å². The van der Waals surface area contributed by atoms with Gasteiger partial charge in [-0.15, -0.1) is 11.3 Å². The van der Waals surface area contributed by atoms with Crippen molar-refractivity contribution in [1.82, 2.24) is 4.57 Å². The smallest absolute Gasteiger partial charge is 0.252 e. The number of nitrogens with zero attached hydrogens (tertiary/aromatic N) is 3. The summed E-state index contributed by atoms with van der Waals surface area (Å²) in [7, 11) is 0. The normalized spacial score (nSPS) is 14.5. The van der Waals surface area contributed by atoms with Crippen LogP contribution in [0.3, 0.4) is 0 Å². The molecule has 3 aliphatic rings. The summed E-state index contributed by atoms with van der Waals surface area (Å²) < 4.78 is 5.32. The van der Waals surface area contributed by atoms with Crippen molar-refractivity contribution in [3.63, 3.8) is 0 Å². The van der Waals surface area contributed by atoms with Gasteiger partial charge in [0.05, 0.1) is 11.4 Å². The van der Waals surface area contributed by atoms with Crippen molar-refractivity contribution in [2.45, 2.75) is 119 Å². The predicted octanol–water partition coefficient (Wildman–Crippen LogP) is 17.2. The van der Waals surface area contributed by atoms with Gasteiger partial charge in [0.25, 0.3) is 6.71 Å². The van der Waals surface area contributed by atoms with Gasteiger partial charge < -0.3 is 14.4 Å². The molecule has 0 N–H and O–H groups in total. The standard InChI is InChI=1S/C68H66BN3S/c1-39-32-56-62-57(33-39)72-63-48(61-64(72)46-20-15-17-22-49(46)68(61,13)14)36-44(67(10,11)12)37-51(63)69(62)50-29-28-45(38-55(50)71(56)54-23-19-25-59-60(54)47-21-16-18-24-58(47)73-59)70(52-30-26-42(34-40(52)2)65(4,5)6)53-31-27-43(35-41(53)3)66(7,8)9/h15-38H,1-14H3. The fourth-order valence-corrected chi connectivity index (χ4v) is 14.2. The van der Waals surface area contributed by atoms with Gasteiger partial charge in [0.2, 0.25) is 0 Å². The zero-order valence-electron chi connectivity index (χ0n) is 45.2. The lowest BCUT2D eigenvalue weighted by molar-refractivity contribution is 0.589. The molecule has 10 aromatic rings. The average molecular weight is 968 g/mol. The van der Waals surface area contributed by atoms with E-state index in [1.54, 1.807) is 0 Å². The molecule has 8 aromatic carbocycles. The maximum absolute atomic E-state index is 2.70. The van der Waals surface area contributed by atoms with Crippen LogP contribution in [0, 0.1) is 20.8 Å². The van der Waals surface area contributed by atoms with E-state index in [4.69, 9.17) is 0 Å². The van der Waals surface area contributed by atoms with Gasteiger partial charge >= 0.3 is 0 Å². The van der Waals surface area contributed by atoms with E-state index in [1.165, 1.54) is 137 Å². The highest BCUT2D eigenvalue weighted by molar-refractivity contribution is 7.26. The number of hydrogen-bond donors (Lipinski definition) is 0. The van der Waals surface area contributed by atoms with Crippen LogP contribution in [0.4, 0.5) is 34.1 Å². The van der Waals surface area contributed by atoms with E-state index in [9.17, 15) is 0 Å². The molecule has 4 heterocycles. The molecule has 73 heavy (non-hydrogen) atoms. The van der Waals surface area contributed by atoms with Crippen LogP contribution in [0.25, 0.3) is 48.0 Å². The van der Waals surface area contributed by atoms with Crippen molar-refractivity contribution in [2.24, 2.45) is 0 Å². The van der Waals surface area contributed by atoms with Gasteiger partial charge in [-0.25, -0.2) is 0 Å². The molecule has 0 spiro atoms. The van der Waals surface area contributed by atoms with Gasteiger partial charge in [-0.3, -0.25) is 0 Å². The second-order valence-corrected chi connectivity index (χ2v) is 26.3. The minimum Gasteiger partial charge on any atom is -0.311 e. The van der Waals surface area contributed by atoms with Crippen LogP contribution in [-0.4, -0.2) is 11.3 Å². The summed E-state index contributed by atoms with van der Waals surface area (Å²) in [4.78, 5) is 5.22. The first-order chi connectivity index (χ1) is 34.6. The van der Waals surface area contributed by atoms with Crippen molar-refractivity contribution in [1.29, 1.82) is 0 Å². The number of anilines is 6. The van der Waals surface area contributed by atoms with E-state index < -0.39 is 0 Å². The summed E-state index contributed by atoms with van der Waals surface area (Å²) in [5.74, 6) is 0. The Kier molecular flexibility index (Phi) is 9.69. The minimum absolute atomic E-state index is 0.0101. The Labute approximate surface area is 437 Å². The van der Waals surface area contributed by atoms with Crippen molar-refractivity contribution < 1.29 is 0 Å². The van der Waals surface area contributed by atoms with Crippen molar-refractivity contribution in [2.75, 3.05) is 9.80 Å². The quantitative estimate of drug-likeness (QED) is 0.163. The van der Waals surface area contributed by atoms with E-state index in [0.29, 0.717) is 0 Å². The molecular weight excluding hydrogens is 902 g/mol. The number of rotatable bonds is 4. The van der Waals surface area contributed by atoms with E-state index in [-0.39, 0.29) is 28.4 Å². The summed E-state index contributed by atoms with van der Waals surface area (Å²) in [6.07, 6.45) is 0. The van der Waals surface area contributed by atoms with Gasteiger partial charge in [0, 0.05) is 76.2 Å². The van der Waals surface area contributed by atoms with Crippen LogP contribution in [0.5, 0.6) is 0 Å². The first kappa shape index (κ1) is 46.0. The SMILES string of the molecule is Cc1cc2c3c(c1)-n1c4c(c5cc(C(C)(C)C)cc(c51)B3c1ccc(N(c3ccc(C(C)(C)C)cc3C)c3ccc(C(C)(C)C)cc3C)cc1N2c1cccc2sc3ccccc3c12)C(C)(C)c1ccccc1-4. The first-order valence-corrected chi connectivity index (χ1v) is 27.3. The summed E-state index contributed by atoms with van der Waals surface area (Å²) in [6.45, 7) is 32.9. The zero-order chi connectivity index (χ0) is 51.0. The van der Waals surface area contributed by atoms with Gasteiger partial charge in [-0.1, -0.05) is 161 Å². The second-order valence-electron chi connectivity index (χ2n) is 25.3. The lowest BCUT2D eigenvalue weighted by Gasteiger charge is -2.42. The molecule has 1 aliphatic carbocycles. The summed E-state index contributed by atoms with van der Waals surface area (Å²) >= 11 is 1.90. The Bertz CT molecular complexity index is 3940. The van der Waals surface area contributed by atoms with E-state index in [0.717, 1.165) is 5.69 Å². The van der Waals surface area contributed by atoms with Gasteiger partial charge in [0.1, 0.15) is 0 Å². The average Bonchev–Trinajstić information content (AvgIpc) is 3.97. The van der Waals surface area contributed by atoms with Crippen LogP contribution in [-0.2, 0) is 21.7 Å². The van der Waals surface area contributed by atoms with Crippen LogP contribution in [0.15, 0.2) is 146 Å². The molecule has 0 saturated heterocycles. The van der Waals surface area contributed by atoms with Gasteiger partial charge in [-0.2, -0.15) is 0 Å². The Hall–Kier alpha value is -6.82. The van der Waals surface area contributed by atoms with Gasteiger partial charge in [-0.05, 0) is 159 Å². The number of thiophene rings is 1. The second kappa shape index (κ2) is 15.4. The Morgan fingerprint density at radius 3 is 1.82 bits per heavy atom. The molecular formula is C68H66BN3S. The molecule has 0 radical (unpaired) electrons. The number of aromatic nitrogens is 1. The lowest BCUT2D eigenvalue weighted by Crippen LogP contribution is -2.60. The molecule has 362 valence electrons. The van der Waals surface area contributed by atoms with Crippen LogP contribution in [0.1, 0.15) is 121 Å².